The number of ether oxygens (including phenoxy) is 1. The third-order valence-corrected chi connectivity index (χ3v) is 4.91. The summed E-state index contributed by atoms with van der Waals surface area (Å²) in [4.78, 5) is 35.4. The van der Waals surface area contributed by atoms with Crippen molar-refractivity contribution in [1.29, 1.82) is 0 Å². The molecule has 148 valence electrons. The first-order valence-electron chi connectivity index (χ1n) is 7.95. The molecule has 3 amide bonds. The Labute approximate surface area is 166 Å². The minimum atomic E-state index is -3.55. The quantitative estimate of drug-likeness (QED) is 0.684. The smallest absolute Gasteiger partial charge is 0.340 e. The highest BCUT2D eigenvalue weighted by Crippen LogP contribution is 2.21. The third kappa shape index (κ3) is 6.36. The fourth-order valence-electron chi connectivity index (χ4n) is 2.09. The third-order valence-electron chi connectivity index (χ3n) is 3.47. The van der Waals surface area contributed by atoms with Gasteiger partial charge in [-0.2, -0.15) is 0 Å². The van der Waals surface area contributed by atoms with Crippen LogP contribution in [0, 0.1) is 0 Å². The Bertz CT molecular complexity index is 992. The molecule has 0 aliphatic rings. The van der Waals surface area contributed by atoms with Gasteiger partial charge in [-0.1, -0.05) is 41.9 Å². The zero-order chi connectivity index (χ0) is 20.7. The van der Waals surface area contributed by atoms with Gasteiger partial charge in [0.25, 0.3) is 5.91 Å². The molecule has 0 aromatic heterocycles. The average molecular weight is 425 g/mol. The van der Waals surface area contributed by atoms with Gasteiger partial charge in [-0.3, -0.25) is 10.1 Å². The standard InChI is InChI=1S/C18H17ClN2O6S/c1-28(25,26)13-7-8-15(19)14(9-13)17(23)27-11-16(22)21-18(24)20-10-12-5-3-2-4-6-12/h2-9H,10-11H2,1H3,(H2,20,21,22,24). The molecule has 0 unspecified atom stereocenters. The van der Waals surface area contributed by atoms with Crippen molar-refractivity contribution in [3.63, 3.8) is 0 Å². The number of esters is 1. The van der Waals surface area contributed by atoms with Crippen molar-refractivity contribution in [3.8, 4) is 0 Å². The van der Waals surface area contributed by atoms with Crippen LogP contribution in [0.3, 0.4) is 0 Å². The minimum absolute atomic E-state index is 0.0292. The molecule has 0 saturated heterocycles. The number of rotatable bonds is 6. The van der Waals surface area contributed by atoms with Gasteiger partial charge >= 0.3 is 12.0 Å². The van der Waals surface area contributed by atoms with Gasteiger partial charge < -0.3 is 10.1 Å². The molecule has 0 bridgehead atoms. The average Bonchev–Trinajstić information content (AvgIpc) is 2.64. The number of nitrogens with one attached hydrogen (secondary N) is 2. The van der Waals surface area contributed by atoms with Gasteiger partial charge in [0, 0.05) is 12.8 Å². The van der Waals surface area contributed by atoms with Crippen LogP contribution in [0.5, 0.6) is 0 Å². The summed E-state index contributed by atoms with van der Waals surface area (Å²) in [6.07, 6.45) is 0.979. The molecule has 0 aliphatic heterocycles. The van der Waals surface area contributed by atoms with Crippen LogP contribution in [-0.4, -0.2) is 39.2 Å². The largest absolute Gasteiger partial charge is 0.452 e. The predicted octanol–water partition coefficient (Wildman–Crippen LogP) is 1.93. The van der Waals surface area contributed by atoms with Crippen molar-refractivity contribution in [2.75, 3.05) is 12.9 Å². The number of hydrogen-bond acceptors (Lipinski definition) is 6. The van der Waals surface area contributed by atoms with E-state index in [2.05, 4.69) is 5.32 Å². The molecule has 0 aliphatic carbocycles. The van der Waals surface area contributed by atoms with Crippen LogP contribution in [0.2, 0.25) is 5.02 Å². The molecule has 28 heavy (non-hydrogen) atoms. The number of hydrogen-bond donors (Lipinski definition) is 2. The molecule has 8 nitrogen and oxygen atoms in total. The maximum Gasteiger partial charge on any atom is 0.340 e. The summed E-state index contributed by atoms with van der Waals surface area (Å²) in [5.41, 5.74) is 0.642. The van der Waals surface area contributed by atoms with E-state index >= 15 is 0 Å². The van der Waals surface area contributed by atoms with Crippen LogP contribution < -0.4 is 10.6 Å². The lowest BCUT2D eigenvalue weighted by molar-refractivity contribution is -0.123. The van der Waals surface area contributed by atoms with E-state index in [0.717, 1.165) is 17.9 Å². The Morgan fingerprint density at radius 3 is 2.39 bits per heavy atom. The Kier molecular flexibility index (Phi) is 7.13. The molecule has 2 N–H and O–H groups in total. The van der Waals surface area contributed by atoms with E-state index in [4.69, 9.17) is 16.3 Å². The van der Waals surface area contributed by atoms with Crippen LogP contribution in [0.4, 0.5) is 4.79 Å². The Morgan fingerprint density at radius 2 is 1.75 bits per heavy atom. The molecule has 2 rings (SSSR count). The molecule has 0 fully saturated rings. The molecule has 10 heteroatoms. The highest BCUT2D eigenvalue weighted by molar-refractivity contribution is 7.90. The Balaban J connectivity index is 1.87. The van der Waals surface area contributed by atoms with E-state index in [1.165, 1.54) is 12.1 Å². The van der Waals surface area contributed by atoms with Crippen molar-refractivity contribution >= 4 is 39.3 Å². The zero-order valence-corrected chi connectivity index (χ0v) is 16.3. The van der Waals surface area contributed by atoms with Gasteiger partial charge in [0.05, 0.1) is 15.5 Å². The summed E-state index contributed by atoms with van der Waals surface area (Å²) in [6, 6.07) is 11.9. The monoisotopic (exact) mass is 424 g/mol. The second-order valence-electron chi connectivity index (χ2n) is 5.71. The number of carbonyl (C=O) groups is 3. The minimum Gasteiger partial charge on any atom is -0.452 e. The van der Waals surface area contributed by atoms with Gasteiger partial charge in [-0.05, 0) is 23.8 Å². The summed E-state index contributed by atoms with van der Waals surface area (Å²) >= 11 is 5.88. The fourth-order valence-corrected chi connectivity index (χ4v) is 2.93. The number of urea groups is 1. The van der Waals surface area contributed by atoms with Gasteiger partial charge in [0.2, 0.25) is 0 Å². The molecule has 2 aromatic rings. The van der Waals surface area contributed by atoms with Gasteiger partial charge in [-0.15, -0.1) is 0 Å². The molecule has 0 radical (unpaired) electrons. The first-order valence-corrected chi connectivity index (χ1v) is 10.2. The van der Waals surface area contributed by atoms with Crippen LogP contribution in [0.25, 0.3) is 0 Å². The van der Waals surface area contributed by atoms with Crippen LogP contribution in [0.1, 0.15) is 15.9 Å². The maximum atomic E-state index is 12.1. The van der Waals surface area contributed by atoms with Crippen LogP contribution in [-0.2, 0) is 25.9 Å². The topological polar surface area (TPSA) is 119 Å². The summed E-state index contributed by atoms with van der Waals surface area (Å²) < 4.78 is 27.9. The van der Waals surface area contributed by atoms with Gasteiger partial charge in [0.1, 0.15) is 0 Å². The molecular formula is C18H17ClN2O6S. The van der Waals surface area contributed by atoms with Gasteiger partial charge in [0.15, 0.2) is 16.4 Å². The van der Waals surface area contributed by atoms with E-state index in [1.54, 1.807) is 12.1 Å². The van der Waals surface area contributed by atoms with Crippen molar-refractivity contribution in [2.45, 2.75) is 11.4 Å². The highest BCUT2D eigenvalue weighted by atomic mass is 35.5. The van der Waals surface area contributed by atoms with E-state index in [-0.39, 0.29) is 22.0 Å². The number of benzene rings is 2. The number of halogens is 1. The summed E-state index contributed by atoms with van der Waals surface area (Å²) in [5.74, 6) is -1.84. The van der Waals surface area contributed by atoms with Crippen molar-refractivity contribution < 1.29 is 27.5 Å². The molecular weight excluding hydrogens is 408 g/mol. The van der Waals surface area contributed by atoms with E-state index in [1.807, 2.05) is 23.5 Å². The van der Waals surface area contributed by atoms with Gasteiger partial charge in [-0.25, -0.2) is 18.0 Å². The maximum absolute atomic E-state index is 12.1. The first kappa shape index (κ1) is 21.4. The SMILES string of the molecule is CS(=O)(=O)c1ccc(Cl)c(C(=O)OCC(=O)NC(=O)NCc2ccccc2)c1. The first-order chi connectivity index (χ1) is 13.2. The van der Waals surface area contributed by atoms with Crippen molar-refractivity contribution in [1.82, 2.24) is 10.6 Å². The molecule has 0 saturated carbocycles. The fraction of sp³-hybridized carbons (Fsp3) is 0.167. The highest BCUT2D eigenvalue weighted by Gasteiger charge is 2.18. The van der Waals surface area contributed by atoms with E-state index in [9.17, 15) is 22.8 Å². The number of sulfone groups is 1. The normalized spacial score (nSPS) is 10.8. The van der Waals surface area contributed by atoms with Crippen LogP contribution >= 0.6 is 11.6 Å². The lowest BCUT2D eigenvalue weighted by Gasteiger charge is -2.09. The molecule has 0 heterocycles. The van der Waals surface area contributed by atoms with Crippen molar-refractivity contribution in [2.24, 2.45) is 0 Å². The van der Waals surface area contributed by atoms with E-state index in [0.29, 0.717) is 0 Å². The summed E-state index contributed by atoms with van der Waals surface area (Å²) in [6.45, 7) is -0.523. The number of imide groups is 1. The second-order valence-corrected chi connectivity index (χ2v) is 8.13. The van der Waals surface area contributed by atoms with E-state index < -0.39 is 34.4 Å². The lowest BCUT2D eigenvalue weighted by atomic mass is 10.2. The summed E-state index contributed by atoms with van der Waals surface area (Å²) in [5, 5.41) is 4.47. The second kappa shape index (κ2) is 9.34. The molecule has 0 atom stereocenters. The zero-order valence-electron chi connectivity index (χ0n) is 14.8. The molecule has 2 aromatic carbocycles. The number of carbonyl (C=O) groups excluding carboxylic acids is 3. The lowest BCUT2D eigenvalue weighted by Crippen LogP contribution is -2.41. The van der Waals surface area contributed by atoms with Crippen LogP contribution in [0.15, 0.2) is 53.4 Å². The Hall–Kier alpha value is -2.91. The number of amides is 3. The van der Waals surface area contributed by atoms with Crippen molar-refractivity contribution in [3.05, 3.63) is 64.7 Å². The predicted molar refractivity (Wildman–Crippen MR) is 102 cm³/mol. The Morgan fingerprint density at radius 1 is 1.07 bits per heavy atom. The summed E-state index contributed by atoms with van der Waals surface area (Å²) in [7, 11) is -3.55. The molecule has 0 spiro atoms.